The van der Waals surface area contributed by atoms with E-state index in [1.54, 1.807) is 7.05 Å². The first-order chi connectivity index (χ1) is 14.0. The van der Waals surface area contributed by atoms with Gasteiger partial charge in [0.1, 0.15) is 6.04 Å². The monoisotopic (exact) mass is 394 g/mol. The molecule has 0 bridgehead atoms. The Hall–Kier alpha value is -2.70. The molecule has 2 N–H and O–H groups in total. The maximum Gasteiger partial charge on any atom is 0.246 e. The molecule has 6 heteroatoms. The van der Waals surface area contributed by atoms with Crippen molar-refractivity contribution in [3.05, 3.63) is 71.3 Å². The maximum absolute atomic E-state index is 12.6. The van der Waals surface area contributed by atoms with Gasteiger partial charge in [-0.05, 0) is 18.1 Å². The van der Waals surface area contributed by atoms with Crippen LogP contribution in [-0.4, -0.2) is 61.4 Å². The molecule has 2 aromatic carbocycles. The van der Waals surface area contributed by atoms with Crippen LogP contribution in [0.4, 0.5) is 0 Å². The van der Waals surface area contributed by atoms with Crippen LogP contribution in [0.2, 0.25) is 0 Å². The van der Waals surface area contributed by atoms with Gasteiger partial charge in [-0.3, -0.25) is 19.4 Å². The number of rotatable bonds is 7. The lowest BCUT2D eigenvalue weighted by molar-refractivity contribution is -0.129. The Labute approximate surface area is 172 Å². The topological polar surface area (TPSA) is 64.7 Å². The van der Waals surface area contributed by atoms with Gasteiger partial charge in [-0.15, -0.1) is 0 Å². The minimum absolute atomic E-state index is 0.130. The number of aryl methyl sites for hydroxylation is 1. The molecule has 0 saturated carbocycles. The van der Waals surface area contributed by atoms with Crippen molar-refractivity contribution in [2.75, 3.05) is 39.8 Å². The molecule has 3 rings (SSSR count). The third-order valence-corrected chi connectivity index (χ3v) is 5.27. The summed E-state index contributed by atoms with van der Waals surface area (Å²) in [5, 5.41) is 5.51. The quantitative estimate of drug-likeness (QED) is 0.751. The van der Waals surface area contributed by atoms with E-state index in [2.05, 4.69) is 51.6 Å². The average Bonchev–Trinajstić information content (AvgIpc) is 2.73. The molecule has 1 saturated heterocycles. The van der Waals surface area contributed by atoms with E-state index in [1.165, 1.54) is 11.1 Å². The van der Waals surface area contributed by atoms with Gasteiger partial charge in [-0.2, -0.15) is 0 Å². The van der Waals surface area contributed by atoms with Gasteiger partial charge in [0.05, 0.1) is 6.54 Å². The summed E-state index contributed by atoms with van der Waals surface area (Å²) in [6, 6.07) is 17.3. The standard InChI is InChI=1S/C23H30N4O2/c1-18-7-6-8-19(15-18)16-26-11-13-27(14-12-26)17-21(28)25-22(23(29)24-2)20-9-4-3-5-10-20/h3-10,15,22H,11-14,16-17H2,1-2H3,(H,24,29)(H,25,28). The van der Waals surface area contributed by atoms with Crippen molar-refractivity contribution in [3.8, 4) is 0 Å². The largest absolute Gasteiger partial charge is 0.357 e. The fourth-order valence-electron chi connectivity index (χ4n) is 3.67. The van der Waals surface area contributed by atoms with E-state index in [9.17, 15) is 9.59 Å². The van der Waals surface area contributed by atoms with E-state index in [0.29, 0.717) is 6.54 Å². The summed E-state index contributed by atoms with van der Waals surface area (Å²) in [5.41, 5.74) is 3.39. The number of benzene rings is 2. The molecule has 0 spiro atoms. The number of carbonyl (C=O) groups is 2. The Morgan fingerprint density at radius 2 is 1.66 bits per heavy atom. The Balaban J connectivity index is 1.49. The molecule has 154 valence electrons. The molecule has 6 nitrogen and oxygen atoms in total. The number of hydrogen-bond acceptors (Lipinski definition) is 4. The number of amides is 2. The van der Waals surface area contributed by atoms with E-state index < -0.39 is 6.04 Å². The molecule has 1 heterocycles. The van der Waals surface area contributed by atoms with Crippen LogP contribution in [0.3, 0.4) is 0 Å². The minimum atomic E-state index is -0.670. The fraction of sp³-hybridized carbons (Fsp3) is 0.391. The predicted molar refractivity (Wildman–Crippen MR) is 114 cm³/mol. The lowest BCUT2D eigenvalue weighted by Gasteiger charge is -2.34. The van der Waals surface area contributed by atoms with Crippen molar-refractivity contribution in [1.82, 2.24) is 20.4 Å². The van der Waals surface area contributed by atoms with E-state index in [0.717, 1.165) is 38.3 Å². The summed E-state index contributed by atoms with van der Waals surface area (Å²) >= 11 is 0. The zero-order valence-corrected chi connectivity index (χ0v) is 17.2. The van der Waals surface area contributed by atoms with Crippen LogP contribution in [0.25, 0.3) is 0 Å². The van der Waals surface area contributed by atoms with Crippen molar-refractivity contribution >= 4 is 11.8 Å². The van der Waals surface area contributed by atoms with Gasteiger partial charge in [0.15, 0.2) is 0 Å². The summed E-state index contributed by atoms with van der Waals surface area (Å²) in [6.45, 7) is 6.90. The van der Waals surface area contributed by atoms with Gasteiger partial charge in [-0.25, -0.2) is 0 Å². The zero-order valence-electron chi connectivity index (χ0n) is 17.2. The van der Waals surface area contributed by atoms with Gasteiger partial charge >= 0.3 is 0 Å². The number of nitrogens with zero attached hydrogens (tertiary/aromatic N) is 2. The molecule has 29 heavy (non-hydrogen) atoms. The van der Waals surface area contributed by atoms with Crippen LogP contribution in [0.15, 0.2) is 54.6 Å². The van der Waals surface area contributed by atoms with E-state index in [1.807, 2.05) is 30.3 Å². The molecular weight excluding hydrogens is 364 g/mol. The summed E-state index contributed by atoms with van der Waals surface area (Å²) in [4.78, 5) is 29.4. The van der Waals surface area contributed by atoms with E-state index in [4.69, 9.17) is 0 Å². The lowest BCUT2D eigenvalue weighted by atomic mass is 10.1. The number of hydrogen-bond donors (Lipinski definition) is 2. The normalized spacial score (nSPS) is 16.2. The molecule has 1 unspecified atom stereocenters. The van der Waals surface area contributed by atoms with Crippen molar-refractivity contribution in [1.29, 1.82) is 0 Å². The number of likely N-dealkylation sites (N-methyl/N-ethyl adjacent to an activating group) is 1. The Kier molecular flexibility index (Phi) is 7.38. The number of piperazine rings is 1. The Morgan fingerprint density at radius 1 is 0.966 bits per heavy atom. The molecule has 1 atom stereocenters. The Morgan fingerprint density at radius 3 is 2.31 bits per heavy atom. The number of nitrogens with one attached hydrogen (secondary N) is 2. The lowest BCUT2D eigenvalue weighted by Crippen LogP contribution is -2.50. The molecule has 1 fully saturated rings. The molecule has 1 aliphatic heterocycles. The molecule has 2 aromatic rings. The predicted octanol–water partition coefficient (Wildman–Crippen LogP) is 1.72. The molecule has 2 amide bonds. The van der Waals surface area contributed by atoms with Gasteiger partial charge in [0.2, 0.25) is 11.8 Å². The van der Waals surface area contributed by atoms with Gasteiger partial charge < -0.3 is 10.6 Å². The summed E-state index contributed by atoms with van der Waals surface area (Å²) < 4.78 is 0. The average molecular weight is 395 g/mol. The molecular formula is C23H30N4O2. The van der Waals surface area contributed by atoms with Crippen LogP contribution in [0.5, 0.6) is 0 Å². The fourth-order valence-corrected chi connectivity index (χ4v) is 3.67. The SMILES string of the molecule is CNC(=O)C(NC(=O)CN1CCN(Cc2cccc(C)c2)CC1)c1ccccc1. The van der Waals surface area contributed by atoms with Crippen molar-refractivity contribution in [3.63, 3.8) is 0 Å². The first kappa shape index (κ1) is 21.0. The van der Waals surface area contributed by atoms with Gasteiger partial charge in [0, 0.05) is 39.8 Å². The summed E-state index contributed by atoms with van der Waals surface area (Å²) in [5.74, 6) is -0.345. The second-order valence-electron chi connectivity index (χ2n) is 7.57. The van der Waals surface area contributed by atoms with Crippen molar-refractivity contribution < 1.29 is 9.59 Å². The zero-order chi connectivity index (χ0) is 20.6. The molecule has 1 aliphatic rings. The van der Waals surface area contributed by atoms with Crippen LogP contribution in [-0.2, 0) is 16.1 Å². The summed E-state index contributed by atoms with van der Waals surface area (Å²) in [7, 11) is 1.58. The van der Waals surface area contributed by atoms with Crippen LogP contribution in [0.1, 0.15) is 22.7 Å². The molecule has 0 aliphatic carbocycles. The highest BCUT2D eigenvalue weighted by Gasteiger charge is 2.24. The smallest absolute Gasteiger partial charge is 0.246 e. The van der Waals surface area contributed by atoms with Gasteiger partial charge in [0.25, 0.3) is 0 Å². The van der Waals surface area contributed by atoms with Crippen molar-refractivity contribution in [2.45, 2.75) is 19.5 Å². The Bertz CT molecular complexity index is 817. The van der Waals surface area contributed by atoms with E-state index in [-0.39, 0.29) is 11.8 Å². The molecule has 0 radical (unpaired) electrons. The molecule has 0 aromatic heterocycles. The van der Waals surface area contributed by atoms with Crippen LogP contribution in [0, 0.1) is 6.92 Å². The summed E-state index contributed by atoms with van der Waals surface area (Å²) in [6.07, 6.45) is 0. The second-order valence-corrected chi connectivity index (χ2v) is 7.57. The third kappa shape index (κ3) is 6.14. The van der Waals surface area contributed by atoms with Crippen molar-refractivity contribution in [2.24, 2.45) is 0 Å². The maximum atomic E-state index is 12.6. The highest BCUT2D eigenvalue weighted by atomic mass is 16.2. The van der Waals surface area contributed by atoms with Gasteiger partial charge in [-0.1, -0.05) is 60.2 Å². The first-order valence-electron chi connectivity index (χ1n) is 10.1. The first-order valence-corrected chi connectivity index (χ1v) is 10.1. The number of carbonyl (C=O) groups excluding carboxylic acids is 2. The van der Waals surface area contributed by atoms with Crippen LogP contribution >= 0.6 is 0 Å². The highest BCUT2D eigenvalue weighted by molar-refractivity contribution is 5.89. The third-order valence-electron chi connectivity index (χ3n) is 5.27. The minimum Gasteiger partial charge on any atom is -0.357 e. The highest BCUT2D eigenvalue weighted by Crippen LogP contribution is 2.13. The van der Waals surface area contributed by atoms with Crippen LogP contribution < -0.4 is 10.6 Å². The second kappa shape index (κ2) is 10.2. The van der Waals surface area contributed by atoms with E-state index >= 15 is 0 Å².